The second-order valence-electron chi connectivity index (χ2n) is 3.00. The van der Waals surface area contributed by atoms with Crippen LogP contribution in [0.1, 0.15) is 18.1 Å². The second-order valence-corrected chi connectivity index (χ2v) is 3.00. The summed E-state index contributed by atoms with van der Waals surface area (Å²) in [4.78, 5) is 10.5. The number of carboxylic acid groups (broad SMARTS) is 1. The summed E-state index contributed by atoms with van der Waals surface area (Å²) in [5, 5.41) is 8.58. The Kier molecular flexibility index (Phi) is 3.29. The van der Waals surface area contributed by atoms with Crippen molar-refractivity contribution < 1.29 is 9.90 Å². The van der Waals surface area contributed by atoms with Crippen LogP contribution in [-0.4, -0.2) is 11.1 Å². The first-order chi connectivity index (χ1) is 6.63. The lowest BCUT2D eigenvalue weighted by molar-refractivity contribution is -0.132. The third-order valence-corrected chi connectivity index (χ3v) is 1.93. The standard InChI is InChI=1S/C11H13NO2/c1-2-8-4-3-5-9(6-8)7-10(12)11(13)14/h3-7H,2,12H2,1H3,(H,13,14)/b10-7+. The maximum atomic E-state index is 10.5. The van der Waals surface area contributed by atoms with Crippen LogP contribution in [0.3, 0.4) is 0 Å². The number of nitrogens with two attached hydrogens (primary N) is 1. The molecule has 0 aliphatic carbocycles. The van der Waals surface area contributed by atoms with E-state index in [1.165, 1.54) is 6.08 Å². The van der Waals surface area contributed by atoms with Crippen molar-refractivity contribution in [3.63, 3.8) is 0 Å². The molecule has 0 saturated heterocycles. The highest BCUT2D eigenvalue weighted by Gasteiger charge is 2.00. The van der Waals surface area contributed by atoms with Gasteiger partial charge in [-0.2, -0.15) is 0 Å². The van der Waals surface area contributed by atoms with Crippen LogP contribution in [0, 0.1) is 0 Å². The van der Waals surface area contributed by atoms with Gasteiger partial charge in [0.2, 0.25) is 0 Å². The Bertz CT molecular complexity index is 369. The minimum Gasteiger partial charge on any atom is -0.477 e. The molecule has 0 bridgehead atoms. The fourth-order valence-electron chi connectivity index (χ4n) is 1.14. The molecule has 0 aromatic heterocycles. The minimum atomic E-state index is -1.09. The largest absolute Gasteiger partial charge is 0.477 e. The Labute approximate surface area is 82.9 Å². The SMILES string of the molecule is CCc1cccc(/C=C(/N)C(=O)O)c1. The highest BCUT2D eigenvalue weighted by atomic mass is 16.4. The smallest absolute Gasteiger partial charge is 0.351 e. The first kappa shape index (κ1) is 10.3. The van der Waals surface area contributed by atoms with Crippen LogP contribution < -0.4 is 5.73 Å². The molecule has 1 aromatic carbocycles. The van der Waals surface area contributed by atoms with Gasteiger partial charge in [0.05, 0.1) is 0 Å². The number of rotatable bonds is 3. The zero-order valence-electron chi connectivity index (χ0n) is 8.03. The number of hydrogen-bond acceptors (Lipinski definition) is 2. The topological polar surface area (TPSA) is 63.3 Å². The molecule has 14 heavy (non-hydrogen) atoms. The van der Waals surface area contributed by atoms with Crippen molar-refractivity contribution in [1.29, 1.82) is 0 Å². The average Bonchev–Trinajstić information content (AvgIpc) is 2.18. The van der Waals surface area contributed by atoms with Crippen molar-refractivity contribution in [3.8, 4) is 0 Å². The molecule has 0 saturated carbocycles. The van der Waals surface area contributed by atoms with Gasteiger partial charge in [-0.05, 0) is 23.6 Å². The van der Waals surface area contributed by atoms with Crippen LogP contribution in [0.5, 0.6) is 0 Å². The number of hydrogen-bond donors (Lipinski definition) is 2. The van der Waals surface area contributed by atoms with E-state index in [1.807, 2.05) is 31.2 Å². The van der Waals surface area contributed by atoms with Gasteiger partial charge >= 0.3 is 5.97 Å². The molecule has 0 radical (unpaired) electrons. The Balaban J connectivity index is 2.97. The van der Waals surface area contributed by atoms with Crippen molar-refractivity contribution in [2.45, 2.75) is 13.3 Å². The van der Waals surface area contributed by atoms with Crippen LogP contribution in [-0.2, 0) is 11.2 Å². The number of aliphatic carboxylic acids is 1. The van der Waals surface area contributed by atoms with E-state index in [0.717, 1.165) is 17.5 Å². The van der Waals surface area contributed by atoms with Crippen molar-refractivity contribution in [1.82, 2.24) is 0 Å². The summed E-state index contributed by atoms with van der Waals surface area (Å²) in [6.07, 6.45) is 2.39. The Morgan fingerprint density at radius 3 is 2.86 bits per heavy atom. The maximum absolute atomic E-state index is 10.5. The quantitative estimate of drug-likeness (QED) is 0.714. The molecule has 0 amide bonds. The number of carboxylic acids is 1. The second kappa shape index (κ2) is 4.46. The molecule has 0 aliphatic rings. The van der Waals surface area contributed by atoms with Gasteiger partial charge < -0.3 is 10.8 Å². The number of aryl methyl sites for hydroxylation is 1. The lowest BCUT2D eigenvalue weighted by Crippen LogP contribution is -2.09. The van der Waals surface area contributed by atoms with Gasteiger partial charge in [0, 0.05) is 0 Å². The molecule has 0 atom stereocenters. The summed E-state index contributed by atoms with van der Waals surface area (Å²) < 4.78 is 0. The van der Waals surface area contributed by atoms with Crippen LogP contribution >= 0.6 is 0 Å². The molecule has 1 rings (SSSR count). The zero-order valence-corrected chi connectivity index (χ0v) is 8.03. The predicted octanol–water partition coefficient (Wildman–Crippen LogP) is 1.63. The van der Waals surface area contributed by atoms with Crippen molar-refractivity contribution in [2.75, 3.05) is 0 Å². The van der Waals surface area contributed by atoms with E-state index in [2.05, 4.69) is 0 Å². The fourth-order valence-corrected chi connectivity index (χ4v) is 1.14. The maximum Gasteiger partial charge on any atom is 0.351 e. The monoisotopic (exact) mass is 191 g/mol. The molecule has 0 heterocycles. The first-order valence-electron chi connectivity index (χ1n) is 4.43. The van der Waals surface area contributed by atoms with Gasteiger partial charge in [-0.25, -0.2) is 4.79 Å². The van der Waals surface area contributed by atoms with Crippen LogP contribution in [0.2, 0.25) is 0 Å². The first-order valence-corrected chi connectivity index (χ1v) is 4.43. The third kappa shape index (κ3) is 2.62. The molecule has 0 aliphatic heterocycles. The van der Waals surface area contributed by atoms with Gasteiger partial charge in [0.15, 0.2) is 0 Å². The molecular formula is C11H13NO2. The summed E-state index contributed by atoms with van der Waals surface area (Å²) in [6.45, 7) is 2.05. The molecule has 74 valence electrons. The lowest BCUT2D eigenvalue weighted by atomic mass is 10.1. The van der Waals surface area contributed by atoms with Gasteiger partial charge in [-0.15, -0.1) is 0 Å². The third-order valence-electron chi connectivity index (χ3n) is 1.93. The van der Waals surface area contributed by atoms with E-state index in [-0.39, 0.29) is 5.70 Å². The molecular weight excluding hydrogens is 178 g/mol. The molecule has 0 unspecified atom stereocenters. The Hall–Kier alpha value is -1.77. The minimum absolute atomic E-state index is 0.141. The highest BCUT2D eigenvalue weighted by molar-refractivity contribution is 5.90. The fraction of sp³-hybridized carbons (Fsp3) is 0.182. The lowest BCUT2D eigenvalue weighted by Gasteiger charge is -1.99. The van der Waals surface area contributed by atoms with E-state index in [0.29, 0.717) is 0 Å². The normalized spacial score (nSPS) is 11.4. The van der Waals surface area contributed by atoms with E-state index in [4.69, 9.17) is 10.8 Å². The summed E-state index contributed by atoms with van der Waals surface area (Å²) in [7, 11) is 0. The van der Waals surface area contributed by atoms with Crippen LogP contribution in [0.15, 0.2) is 30.0 Å². The summed E-state index contributed by atoms with van der Waals surface area (Å²) in [5.41, 5.74) is 7.15. The van der Waals surface area contributed by atoms with E-state index in [1.54, 1.807) is 0 Å². The van der Waals surface area contributed by atoms with Gasteiger partial charge in [-0.1, -0.05) is 31.2 Å². The number of benzene rings is 1. The molecule has 3 heteroatoms. The molecule has 0 spiro atoms. The Morgan fingerprint density at radius 2 is 2.29 bits per heavy atom. The van der Waals surface area contributed by atoms with Gasteiger partial charge in [0.1, 0.15) is 5.70 Å². The van der Waals surface area contributed by atoms with Gasteiger partial charge in [0.25, 0.3) is 0 Å². The van der Waals surface area contributed by atoms with Crippen molar-refractivity contribution >= 4 is 12.0 Å². The van der Waals surface area contributed by atoms with Crippen molar-refractivity contribution in [2.24, 2.45) is 5.73 Å². The van der Waals surface area contributed by atoms with Crippen LogP contribution in [0.25, 0.3) is 6.08 Å². The molecule has 3 N–H and O–H groups in total. The summed E-state index contributed by atoms with van der Waals surface area (Å²) in [5.74, 6) is -1.09. The van der Waals surface area contributed by atoms with E-state index in [9.17, 15) is 4.79 Å². The average molecular weight is 191 g/mol. The highest BCUT2D eigenvalue weighted by Crippen LogP contribution is 2.08. The Morgan fingerprint density at radius 1 is 1.57 bits per heavy atom. The van der Waals surface area contributed by atoms with E-state index >= 15 is 0 Å². The van der Waals surface area contributed by atoms with E-state index < -0.39 is 5.97 Å². The van der Waals surface area contributed by atoms with Gasteiger partial charge in [-0.3, -0.25) is 0 Å². The summed E-state index contributed by atoms with van der Waals surface area (Å²) in [6, 6.07) is 7.64. The number of carbonyl (C=O) groups is 1. The predicted molar refractivity (Wildman–Crippen MR) is 55.6 cm³/mol. The zero-order chi connectivity index (χ0) is 10.6. The van der Waals surface area contributed by atoms with Crippen LogP contribution in [0.4, 0.5) is 0 Å². The molecule has 0 fully saturated rings. The molecule has 1 aromatic rings. The van der Waals surface area contributed by atoms with Crippen molar-refractivity contribution in [3.05, 3.63) is 41.1 Å². The molecule has 3 nitrogen and oxygen atoms in total. The summed E-state index contributed by atoms with van der Waals surface area (Å²) >= 11 is 0.